The molecule has 134 valence electrons. The van der Waals surface area contributed by atoms with Gasteiger partial charge in [-0.3, -0.25) is 4.79 Å². The molecule has 0 radical (unpaired) electrons. The lowest BCUT2D eigenvalue weighted by atomic mass is 10.1. The molecule has 3 rings (SSSR count). The lowest BCUT2D eigenvalue weighted by Crippen LogP contribution is -2.26. The largest absolute Gasteiger partial charge is 0.456 e. The van der Waals surface area contributed by atoms with E-state index in [0.717, 1.165) is 24.8 Å². The minimum Gasteiger partial charge on any atom is -0.456 e. The molecule has 0 aliphatic heterocycles. The van der Waals surface area contributed by atoms with Crippen LogP contribution in [0.5, 0.6) is 0 Å². The van der Waals surface area contributed by atoms with Gasteiger partial charge in [-0.25, -0.2) is 9.48 Å². The standard InChI is InChI=1S/C21H22N2O3/c1-2-3-9-14-23-20(24)18-13-8-7-12-17(18)19(22-23)21(25)26-15-16-10-5-4-6-11-16/h4-8,10-13H,2-3,9,14-15H2,1H3. The Hall–Kier alpha value is -2.95. The number of carbonyl (C=O) groups is 1. The Kier molecular flexibility index (Phi) is 5.79. The average molecular weight is 350 g/mol. The highest BCUT2D eigenvalue weighted by Gasteiger charge is 2.18. The molecule has 0 N–H and O–H groups in total. The first kappa shape index (κ1) is 17.9. The molecule has 0 aliphatic carbocycles. The Balaban J connectivity index is 1.91. The van der Waals surface area contributed by atoms with Crippen LogP contribution in [0.2, 0.25) is 0 Å². The van der Waals surface area contributed by atoms with Gasteiger partial charge in [0.15, 0.2) is 5.69 Å². The monoisotopic (exact) mass is 350 g/mol. The summed E-state index contributed by atoms with van der Waals surface area (Å²) in [6, 6.07) is 16.5. The maximum atomic E-state index is 12.6. The van der Waals surface area contributed by atoms with E-state index in [-0.39, 0.29) is 17.9 Å². The zero-order valence-electron chi connectivity index (χ0n) is 14.9. The molecule has 5 heteroatoms. The van der Waals surface area contributed by atoms with Crippen LogP contribution < -0.4 is 5.56 Å². The molecule has 3 aromatic rings. The number of rotatable bonds is 7. The fraction of sp³-hybridized carbons (Fsp3) is 0.286. The number of carbonyl (C=O) groups excluding carboxylic acids is 1. The first-order valence-electron chi connectivity index (χ1n) is 8.91. The van der Waals surface area contributed by atoms with Crippen molar-refractivity contribution in [2.45, 2.75) is 39.3 Å². The molecule has 0 aliphatic rings. The summed E-state index contributed by atoms with van der Waals surface area (Å²) >= 11 is 0. The molecule has 0 atom stereocenters. The van der Waals surface area contributed by atoms with E-state index < -0.39 is 5.97 Å². The topological polar surface area (TPSA) is 61.2 Å². The highest BCUT2D eigenvalue weighted by atomic mass is 16.5. The van der Waals surface area contributed by atoms with Crippen molar-refractivity contribution in [1.29, 1.82) is 0 Å². The SMILES string of the molecule is CCCCCn1nc(C(=O)OCc2ccccc2)c2ccccc2c1=O. The zero-order valence-corrected chi connectivity index (χ0v) is 14.9. The summed E-state index contributed by atoms with van der Waals surface area (Å²) in [5.41, 5.74) is 0.922. The summed E-state index contributed by atoms with van der Waals surface area (Å²) in [6.07, 6.45) is 2.91. The van der Waals surface area contributed by atoms with E-state index in [4.69, 9.17) is 4.74 Å². The maximum Gasteiger partial charge on any atom is 0.359 e. The van der Waals surface area contributed by atoms with Crippen molar-refractivity contribution in [2.24, 2.45) is 0 Å². The zero-order chi connectivity index (χ0) is 18.4. The third-order valence-corrected chi connectivity index (χ3v) is 4.25. The summed E-state index contributed by atoms with van der Waals surface area (Å²) < 4.78 is 6.81. The van der Waals surface area contributed by atoms with Crippen LogP contribution in [0.4, 0.5) is 0 Å². The molecular formula is C21H22N2O3. The van der Waals surface area contributed by atoms with Crippen LogP contribution in [-0.2, 0) is 17.9 Å². The van der Waals surface area contributed by atoms with Crippen molar-refractivity contribution in [1.82, 2.24) is 9.78 Å². The van der Waals surface area contributed by atoms with Crippen molar-refractivity contribution in [2.75, 3.05) is 0 Å². The fourth-order valence-corrected chi connectivity index (χ4v) is 2.84. The molecule has 0 unspecified atom stereocenters. The van der Waals surface area contributed by atoms with Crippen molar-refractivity contribution in [3.8, 4) is 0 Å². The Morgan fingerprint density at radius 3 is 2.42 bits per heavy atom. The van der Waals surface area contributed by atoms with Gasteiger partial charge >= 0.3 is 5.97 Å². The fourth-order valence-electron chi connectivity index (χ4n) is 2.84. The summed E-state index contributed by atoms with van der Waals surface area (Å²) in [6.45, 7) is 2.77. The van der Waals surface area contributed by atoms with Crippen LogP contribution in [0.25, 0.3) is 10.8 Å². The predicted octanol–water partition coefficient (Wildman–Crippen LogP) is 3.94. The molecule has 0 saturated carbocycles. The second-order valence-electron chi connectivity index (χ2n) is 6.19. The number of nitrogens with zero attached hydrogens (tertiary/aromatic N) is 2. The second-order valence-corrected chi connectivity index (χ2v) is 6.19. The molecular weight excluding hydrogens is 328 g/mol. The molecule has 1 aromatic heterocycles. The van der Waals surface area contributed by atoms with Crippen LogP contribution >= 0.6 is 0 Å². The average Bonchev–Trinajstić information content (AvgIpc) is 2.69. The molecule has 0 amide bonds. The molecule has 5 nitrogen and oxygen atoms in total. The minimum absolute atomic E-state index is 0.170. The number of aryl methyl sites for hydroxylation is 1. The lowest BCUT2D eigenvalue weighted by molar-refractivity contribution is 0.0465. The van der Waals surface area contributed by atoms with Crippen LogP contribution in [0.3, 0.4) is 0 Å². The smallest absolute Gasteiger partial charge is 0.359 e. The Bertz CT molecular complexity index is 948. The number of hydrogen-bond acceptors (Lipinski definition) is 4. The molecule has 0 saturated heterocycles. The van der Waals surface area contributed by atoms with Gasteiger partial charge in [0.2, 0.25) is 0 Å². The lowest BCUT2D eigenvalue weighted by Gasteiger charge is -2.11. The van der Waals surface area contributed by atoms with Crippen LogP contribution in [-0.4, -0.2) is 15.7 Å². The first-order valence-corrected chi connectivity index (χ1v) is 8.91. The second kappa shape index (κ2) is 8.43. The maximum absolute atomic E-state index is 12.6. The molecule has 0 spiro atoms. The van der Waals surface area contributed by atoms with Crippen molar-refractivity contribution in [3.05, 3.63) is 76.2 Å². The molecule has 26 heavy (non-hydrogen) atoms. The highest BCUT2D eigenvalue weighted by Crippen LogP contribution is 2.15. The number of esters is 1. The van der Waals surface area contributed by atoms with Gasteiger partial charge in [-0.15, -0.1) is 0 Å². The highest BCUT2D eigenvalue weighted by molar-refractivity contribution is 6.02. The van der Waals surface area contributed by atoms with E-state index in [0.29, 0.717) is 17.3 Å². The van der Waals surface area contributed by atoms with Crippen molar-refractivity contribution in [3.63, 3.8) is 0 Å². The Morgan fingerprint density at radius 2 is 1.69 bits per heavy atom. The van der Waals surface area contributed by atoms with Crippen LogP contribution in [0.15, 0.2) is 59.4 Å². The molecule has 1 heterocycles. The van der Waals surface area contributed by atoms with E-state index in [9.17, 15) is 9.59 Å². The predicted molar refractivity (Wildman–Crippen MR) is 101 cm³/mol. The molecule has 2 aromatic carbocycles. The Morgan fingerprint density at radius 1 is 1.00 bits per heavy atom. The summed E-state index contributed by atoms with van der Waals surface area (Å²) in [4.78, 5) is 25.3. The summed E-state index contributed by atoms with van der Waals surface area (Å²) in [5, 5.41) is 5.34. The third kappa shape index (κ3) is 3.99. The number of fused-ring (bicyclic) bond motifs is 1. The van der Waals surface area contributed by atoms with Gasteiger partial charge < -0.3 is 4.74 Å². The molecule has 0 fully saturated rings. The number of benzene rings is 2. The number of hydrogen-bond donors (Lipinski definition) is 0. The first-order chi connectivity index (χ1) is 12.7. The number of unbranched alkanes of at least 4 members (excludes halogenated alkanes) is 2. The van der Waals surface area contributed by atoms with Gasteiger partial charge in [-0.1, -0.05) is 68.3 Å². The molecule has 0 bridgehead atoms. The van der Waals surface area contributed by atoms with Gasteiger partial charge in [0.1, 0.15) is 6.61 Å². The van der Waals surface area contributed by atoms with Crippen LogP contribution in [0.1, 0.15) is 42.2 Å². The van der Waals surface area contributed by atoms with Crippen molar-refractivity contribution < 1.29 is 9.53 Å². The summed E-state index contributed by atoms with van der Waals surface area (Å²) in [5.74, 6) is -0.519. The van der Waals surface area contributed by atoms with Gasteiger partial charge in [0, 0.05) is 11.9 Å². The van der Waals surface area contributed by atoms with Crippen LogP contribution in [0, 0.1) is 0 Å². The van der Waals surface area contributed by atoms with Gasteiger partial charge in [0.25, 0.3) is 5.56 Å². The summed E-state index contributed by atoms with van der Waals surface area (Å²) in [7, 11) is 0. The number of ether oxygens (including phenoxy) is 1. The van der Waals surface area contributed by atoms with Gasteiger partial charge in [-0.2, -0.15) is 5.10 Å². The number of aromatic nitrogens is 2. The van der Waals surface area contributed by atoms with E-state index in [1.165, 1.54) is 4.68 Å². The van der Waals surface area contributed by atoms with E-state index in [2.05, 4.69) is 12.0 Å². The minimum atomic E-state index is -0.519. The van der Waals surface area contributed by atoms with E-state index in [1.807, 2.05) is 30.3 Å². The Labute approximate surface area is 152 Å². The normalized spacial score (nSPS) is 10.8. The van der Waals surface area contributed by atoms with E-state index >= 15 is 0 Å². The van der Waals surface area contributed by atoms with Gasteiger partial charge in [0.05, 0.1) is 5.39 Å². The van der Waals surface area contributed by atoms with Crippen molar-refractivity contribution >= 4 is 16.7 Å². The van der Waals surface area contributed by atoms with E-state index in [1.54, 1.807) is 24.3 Å². The quantitative estimate of drug-likeness (QED) is 0.478. The van der Waals surface area contributed by atoms with Gasteiger partial charge in [-0.05, 0) is 18.1 Å². The third-order valence-electron chi connectivity index (χ3n) is 4.25.